The normalized spacial score (nSPS) is 13.7. The van der Waals surface area contributed by atoms with Gasteiger partial charge in [0, 0.05) is 29.6 Å². The van der Waals surface area contributed by atoms with Gasteiger partial charge in [0.15, 0.2) is 0 Å². The Morgan fingerprint density at radius 2 is 1.25 bits per heavy atom. The van der Waals surface area contributed by atoms with Crippen molar-refractivity contribution in [2.24, 2.45) is 0 Å². The molecule has 6 aromatic rings. The van der Waals surface area contributed by atoms with Gasteiger partial charge in [-0.05, 0) is 44.2 Å². The van der Waals surface area contributed by atoms with E-state index >= 15 is 0 Å². The molecule has 52 heavy (non-hydrogen) atoms. The van der Waals surface area contributed by atoms with Crippen molar-refractivity contribution in [1.29, 1.82) is 0 Å². The van der Waals surface area contributed by atoms with Crippen molar-refractivity contribution >= 4 is 67.6 Å². The standard InChI is InChI=1S/C23H25N2O2S2.C22H24B/c1-5-24-18-12-10-16(26-3)14-20(18)28-22(24)8-7-9-23-25(6-2)19-13-11-17(27-4)15-21(19)29-23;1-22(2,3)23(19-13-7-4-8-14-19,20-15-9-5-10-16-20)21-17-11-6-12-18-21/h7-15H,5-6H2,1-4H3;4-18H,1-3H3/q+1;-1. The highest BCUT2D eigenvalue weighted by Crippen LogP contribution is 2.47. The van der Waals surface area contributed by atoms with Crippen LogP contribution in [0.1, 0.15) is 39.6 Å². The Labute approximate surface area is 318 Å². The molecule has 0 saturated heterocycles. The van der Waals surface area contributed by atoms with Crippen molar-refractivity contribution < 1.29 is 14.0 Å². The maximum Gasteiger partial charge on any atom is 0.262 e. The Bertz CT molecular complexity index is 2060. The van der Waals surface area contributed by atoms with E-state index in [1.54, 1.807) is 37.3 Å². The van der Waals surface area contributed by atoms with Gasteiger partial charge >= 0.3 is 0 Å². The lowest BCUT2D eigenvalue weighted by molar-refractivity contribution is -0.665. The number of fused-ring (bicyclic) bond motifs is 2. The van der Waals surface area contributed by atoms with Crippen molar-refractivity contribution in [2.45, 2.75) is 51.4 Å². The summed E-state index contributed by atoms with van der Waals surface area (Å²) in [5, 5.41) is 2.56. The molecule has 0 aliphatic carbocycles. The van der Waals surface area contributed by atoms with Crippen LogP contribution in [0.4, 0.5) is 5.69 Å². The number of hydrogen-bond acceptors (Lipinski definition) is 5. The third kappa shape index (κ3) is 7.30. The van der Waals surface area contributed by atoms with Crippen LogP contribution in [-0.2, 0) is 6.54 Å². The predicted molar refractivity (Wildman–Crippen MR) is 227 cm³/mol. The van der Waals surface area contributed by atoms with E-state index in [-0.39, 0.29) is 5.31 Å². The predicted octanol–water partition coefficient (Wildman–Crippen LogP) is 9.67. The second-order valence-corrected chi connectivity index (χ2v) is 16.2. The zero-order chi connectivity index (χ0) is 36.7. The first kappa shape index (κ1) is 37.1. The molecule has 4 nitrogen and oxygen atoms in total. The molecule has 0 N–H and O–H groups in total. The van der Waals surface area contributed by atoms with E-state index in [9.17, 15) is 0 Å². The Morgan fingerprint density at radius 1 is 0.712 bits per heavy atom. The van der Waals surface area contributed by atoms with Gasteiger partial charge in [0.25, 0.3) is 5.01 Å². The van der Waals surface area contributed by atoms with Crippen molar-refractivity contribution in [3.8, 4) is 11.5 Å². The van der Waals surface area contributed by atoms with Crippen LogP contribution in [0.15, 0.2) is 149 Å². The molecule has 0 atom stereocenters. The van der Waals surface area contributed by atoms with Gasteiger partial charge in [-0.1, -0.05) is 141 Å². The van der Waals surface area contributed by atoms with Crippen molar-refractivity contribution in [2.75, 3.05) is 25.7 Å². The highest BCUT2D eigenvalue weighted by molar-refractivity contribution is 8.03. The molecule has 0 bridgehead atoms. The van der Waals surface area contributed by atoms with Crippen LogP contribution in [0.5, 0.6) is 11.5 Å². The average molecular weight is 725 g/mol. The fourth-order valence-corrected chi connectivity index (χ4v) is 10.2. The van der Waals surface area contributed by atoms with Gasteiger partial charge in [-0.25, -0.2) is 0 Å². The van der Waals surface area contributed by atoms with Gasteiger partial charge in [-0.15, -0.1) is 5.31 Å². The van der Waals surface area contributed by atoms with Gasteiger partial charge in [-0.2, -0.15) is 21.0 Å². The van der Waals surface area contributed by atoms with Crippen LogP contribution in [-0.4, -0.2) is 26.9 Å². The van der Waals surface area contributed by atoms with E-state index in [2.05, 4.69) is 178 Å². The minimum atomic E-state index is -1.06. The van der Waals surface area contributed by atoms with Crippen molar-refractivity contribution in [1.82, 2.24) is 0 Å². The maximum atomic E-state index is 5.38. The van der Waals surface area contributed by atoms with Crippen LogP contribution >= 0.6 is 23.1 Å². The van der Waals surface area contributed by atoms with Crippen LogP contribution in [0.25, 0.3) is 16.3 Å². The number of thioether (sulfide) groups is 1. The average Bonchev–Trinajstić information content (AvgIpc) is 3.71. The molecule has 266 valence electrons. The molecule has 2 heterocycles. The summed E-state index contributed by atoms with van der Waals surface area (Å²) in [5.74, 6) is 1.79. The number of ether oxygens (including phenoxy) is 2. The molecule has 0 fully saturated rings. The molecule has 1 aliphatic rings. The molecular formula is C45H49BN2O2S2. The summed E-state index contributed by atoms with van der Waals surface area (Å²) < 4.78 is 14.3. The Hall–Kier alpha value is -4.72. The number of thiazole rings is 1. The third-order valence-electron chi connectivity index (χ3n) is 10.2. The summed E-state index contributed by atoms with van der Waals surface area (Å²) in [6.07, 6.45) is 5.50. The first-order chi connectivity index (χ1) is 25.2. The summed E-state index contributed by atoms with van der Waals surface area (Å²) in [4.78, 5) is 3.58. The largest absolute Gasteiger partial charge is 0.497 e. The lowest BCUT2D eigenvalue weighted by Gasteiger charge is -2.54. The molecule has 0 spiro atoms. The van der Waals surface area contributed by atoms with Gasteiger partial charge in [0.05, 0.1) is 31.1 Å². The molecule has 0 radical (unpaired) electrons. The van der Waals surface area contributed by atoms with E-state index < -0.39 is 6.15 Å². The van der Waals surface area contributed by atoms with Crippen LogP contribution in [0.2, 0.25) is 5.31 Å². The first-order valence-electron chi connectivity index (χ1n) is 18.1. The smallest absolute Gasteiger partial charge is 0.262 e. The first-order valence-corrected chi connectivity index (χ1v) is 19.7. The second kappa shape index (κ2) is 16.3. The molecule has 1 aromatic heterocycles. The van der Waals surface area contributed by atoms with Crippen LogP contribution in [0, 0.1) is 0 Å². The number of aromatic nitrogens is 1. The number of rotatable bonds is 9. The van der Waals surface area contributed by atoms with Gasteiger partial charge < -0.3 is 14.4 Å². The zero-order valence-corrected chi connectivity index (χ0v) is 33.0. The van der Waals surface area contributed by atoms with Crippen LogP contribution < -0.4 is 35.3 Å². The number of aryl methyl sites for hydroxylation is 1. The van der Waals surface area contributed by atoms with E-state index in [4.69, 9.17) is 9.47 Å². The lowest BCUT2D eigenvalue weighted by Crippen LogP contribution is -2.72. The van der Waals surface area contributed by atoms with E-state index in [0.29, 0.717) is 0 Å². The summed E-state index contributed by atoms with van der Waals surface area (Å²) in [6, 6.07) is 45.5. The van der Waals surface area contributed by atoms with Gasteiger partial charge in [0.2, 0.25) is 5.52 Å². The molecule has 0 amide bonds. The molecule has 7 heteroatoms. The minimum absolute atomic E-state index is 0.0874. The number of nitrogens with zero attached hydrogens (tertiary/aromatic N) is 2. The molecular weight excluding hydrogens is 675 g/mol. The molecule has 0 saturated carbocycles. The number of allylic oxidation sites excluding steroid dienone is 2. The van der Waals surface area contributed by atoms with Crippen molar-refractivity contribution in [3.63, 3.8) is 0 Å². The lowest BCUT2D eigenvalue weighted by atomic mass is 9.07. The van der Waals surface area contributed by atoms with E-state index in [1.807, 2.05) is 12.1 Å². The molecule has 0 unspecified atom stereocenters. The third-order valence-corrected chi connectivity index (χ3v) is 12.4. The second-order valence-electron chi connectivity index (χ2n) is 14.0. The topological polar surface area (TPSA) is 25.6 Å². The summed E-state index contributed by atoms with van der Waals surface area (Å²) in [5.41, 5.74) is 6.69. The number of methoxy groups -OCH3 is 2. The van der Waals surface area contributed by atoms with Gasteiger partial charge in [-0.3, -0.25) is 0 Å². The SMILES string of the molecule is CC(C)(C)[B-](c1ccccc1)(c1ccccc1)c1ccccc1.CCN1/C(=C/C=C/c2sc3cc(OC)ccc3[n+]2CC)Sc2cc(OC)ccc21. The Balaban J connectivity index is 0.000000183. The highest BCUT2D eigenvalue weighted by Gasteiger charge is 2.39. The minimum Gasteiger partial charge on any atom is -0.497 e. The number of hydrogen-bond donors (Lipinski definition) is 0. The summed E-state index contributed by atoms with van der Waals surface area (Å²) in [6.45, 7) is 13.3. The zero-order valence-electron chi connectivity index (χ0n) is 31.4. The number of anilines is 1. The van der Waals surface area contributed by atoms with Crippen molar-refractivity contribution in [3.05, 3.63) is 150 Å². The van der Waals surface area contributed by atoms with E-state index in [0.717, 1.165) is 24.6 Å². The fourth-order valence-electron chi connectivity index (χ4n) is 7.84. The van der Waals surface area contributed by atoms with Gasteiger partial charge in [0.1, 0.15) is 22.7 Å². The maximum absolute atomic E-state index is 5.38. The van der Waals surface area contributed by atoms with Crippen LogP contribution in [0.3, 0.4) is 0 Å². The van der Waals surface area contributed by atoms with E-state index in [1.165, 1.54) is 47.2 Å². The Morgan fingerprint density at radius 3 is 1.75 bits per heavy atom. The monoisotopic (exact) mass is 724 g/mol. The fraction of sp³-hybridized carbons (Fsp3) is 0.222. The molecule has 1 aliphatic heterocycles. The molecule has 5 aromatic carbocycles. The summed E-state index contributed by atoms with van der Waals surface area (Å²) >= 11 is 3.58. The highest BCUT2D eigenvalue weighted by atomic mass is 32.2. The quantitative estimate of drug-likeness (QED) is 0.110. The Kier molecular flexibility index (Phi) is 11.6. The number of benzene rings is 5. The molecule has 7 rings (SSSR count). The summed E-state index contributed by atoms with van der Waals surface area (Å²) in [7, 11) is 3.42.